The van der Waals surface area contributed by atoms with Crippen LogP contribution in [0, 0.1) is 11.6 Å². The zero-order valence-corrected chi connectivity index (χ0v) is 13.1. The van der Waals surface area contributed by atoms with Gasteiger partial charge in [-0.15, -0.1) is 0 Å². The topological polar surface area (TPSA) is 32.3 Å². The lowest BCUT2D eigenvalue weighted by molar-refractivity contribution is 0.166. The molecule has 0 bridgehead atoms. The summed E-state index contributed by atoms with van der Waals surface area (Å²) in [5, 5.41) is 13.2. The number of benzene rings is 2. The lowest BCUT2D eigenvalue weighted by Crippen LogP contribution is -2.25. The molecule has 5 heteroatoms. The summed E-state index contributed by atoms with van der Waals surface area (Å²) in [7, 11) is 0. The number of hydrogen-bond donors (Lipinski definition) is 2. The maximum absolute atomic E-state index is 13.6. The normalized spacial score (nSPS) is 14.0. The monoisotopic (exact) mass is 355 g/mol. The molecule has 21 heavy (non-hydrogen) atoms. The van der Waals surface area contributed by atoms with Crippen LogP contribution in [0.4, 0.5) is 8.78 Å². The third-order valence-electron chi connectivity index (χ3n) is 3.31. The highest BCUT2D eigenvalue weighted by atomic mass is 79.9. The Morgan fingerprint density at radius 2 is 1.86 bits per heavy atom. The Bertz CT molecular complexity index is 621. The molecule has 0 heterocycles. The van der Waals surface area contributed by atoms with Gasteiger partial charge in [0.05, 0.1) is 6.10 Å². The molecule has 0 saturated heterocycles. The van der Waals surface area contributed by atoms with Gasteiger partial charge in [0.15, 0.2) is 0 Å². The third kappa shape index (κ3) is 4.09. The highest BCUT2D eigenvalue weighted by Gasteiger charge is 2.15. The van der Waals surface area contributed by atoms with Crippen LogP contribution >= 0.6 is 15.9 Å². The summed E-state index contributed by atoms with van der Waals surface area (Å²) in [6, 6.07) is 10.9. The van der Waals surface area contributed by atoms with Crippen molar-refractivity contribution in [2.45, 2.75) is 19.1 Å². The van der Waals surface area contributed by atoms with Gasteiger partial charge in [-0.3, -0.25) is 0 Å². The average Bonchev–Trinajstić information content (AvgIpc) is 2.45. The van der Waals surface area contributed by atoms with E-state index < -0.39 is 17.7 Å². The minimum Gasteiger partial charge on any atom is -0.387 e. The van der Waals surface area contributed by atoms with Crippen molar-refractivity contribution < 1.29 is 13.9 Å². The Kier molecular flexibility index (Phi) is 5.45. The summed E-state index contributed by atoms with van der Waals surface area (Å²) in [6.45, 7) is 2.12. The number of halogens is 3. The van der Waals surface area contributed by atoms with Gasteiger partial charge < -0.3 is 10.4 Å². The molecule has 2 rings (SSSR count). The molecule has 2 aromatic rings. The fraction of sp³-hybridized carbons (Fsp3) is 0.250. The smallest absolute Gasteiger partial charge is 0.131 e. The molecule has 0 radical (unpaired) electrons. The van der Waals surface area contributed by atoms with E-state index in [9.17, 15) is 13.9 Å². The summed E-state index contributed by atoms with van der Waals surface area (Å²) in [5.74, 6) is -1.39. The largest absolute Gasteiger partial charge is 0.387 e. The molecule has 2 atom stereocenters. The van der Waals surface area contributed by atoms with Gasteiger partial charge >= 0.3 is 0 Å². The fourth-order valence-corrected chi connectivity index (χ4v) is 2.73. The number of aliphatic hydroxyl groups excluding tert-OH is 1. The van der Waals surface area contributed by atoms with E-state index in [-0.39, 0.29) is 18.2 Å². The van der Waals surface area contributed by atoms with Crippen LogP contribution in [0.2, 0.25) is 0 Å². The minimum atomic E-state index is -1.03. The maximum atomic E-state index is 13.6. The van der Waals surface area contributed by atoms with Crippen molar-refractivity contribution in [1.82, 2.24) is 5.32 Å². The molecule has 0 amide bonds. The molecule has 2 N–H and O–H groups in total. The zero-order valence-electron chi connectivity index (χ0n) is 11.5. The van der Waals surface area contributed by atoms with Crippen molar-refractivity contribution in [2.24, 2.45) is 0 Å². The Morgan fingerprint density at radius 3 is 2.52 bits per heavy atom. The molecule has 0 aromatic heterocycles. The van der Waals surface area contributed by atoms with Crippen LogP contribution in [0.25, 0.3) is 0 Å². The standard InChI is InChI=1S/C16H16BrF2NO/c1-10(12-4-2-3-5-14(12)17)20-9-16(21)13-7-6-11(18)8-15(13)19/h2-8,10,16,20-21H,9H2,1H3/t10-,16?/m1/s1. The van der Waals surface area contributed by atoms with E-state index in [1.54, 1.807) is 0 Å². The van der Waals surface area contributed by atoms with Gasteiger partial charge in [0.25, 0.3) is 0 Å². The van der Waals surface area contributed by atoms with Crippen LogP contribution in [-0.2, 0) is 0 Å². The highest BCUT2D eigenvalue weighted by Crippen LogP contribution is 2.24. The molecular weight excluding hydrogens is 340 g/mol. The van der Waals surface area contributed by atoms with Crippen LogP contribution in [0.15, 0.2) is 46.9 Å². The second kappa shape index (κ2) is 7.11. The van der Waals surface area contributed by atoms with E-state index in [0.29, 0.717) is 0 Å². The minimum absolute atomic E-state index is 0.0151. The van der Waals surface area contributed by atoms with Crippen molar-refractivity contribution in [1.29, 1.82) is 0 Å². The molecule has 2 nitrogen and oxygen atoms in total. The molecule has 112 valence electrons. The van der Waals surface area contributed by atoms with E-state index in [1.807, 2.05) is 31.2 Å². The fourth-order valence-electron chi connectivity index (χ4n) is 2.11. The van der Waals surface area contributed by atoms with E-state index in [0.717, 1.165) is 22.2 Å². The zero-order chi connectivity index (χ0) is 15.4. The van der Waals surface area contributed by atoms with E-state index in [2.05, 4.69) is 21.2 Å². The van der Waals surface area contributed by atoms with Crippen LogP contribution in [0.3, 0.4) is 0 Å². The quantitative estimate of drug-likeness (QED) is 0.845. The molecule has 0 spiro atoms. The van der Waals surface area contributed by atoms with Crippen molar-refractivity contribution in [2.75, 3.05) is 6.54 Å². The molecule has 0 fully saturated rings. The summed E-state index contributed by atoms with van der Waals surface area (Å²) in [5.41, 5.74) is 1.13. The predicted molar refractivity (Wildman–Crippen MR) is 81.9 cm³/mol. The number of nitrogens with one attached hydrogen (secondary N) is 1. The summed E-state index contributed by atoms with van der Waals surface area (Å²) in [4.78, 5) is 0. The molecule has 2 aromatic carbocycles. The van der Waals surface area contributed by atoms with Crippen molar-refractivity contribution in [3.8, 4) is 0 Å². The van der Waals surface area contributed by atoms with Crippen LogP contribution in [0.1, 0.15) is 30.2 Å². The summed E-state index contributed by atoms with van der Waals surface area (Å²) >= 11 is 3.46. The van der Waals surface area contributed by atoms with E-state index in [1.165, 1.54) is 6.07 Å². The molecule has 0 aliphatic carbocycles. The first kappa shape index (κ1) is 16.1. The third-order valence-corrected chi connectivity index (χ3v) is 4.03. The van der Waals surface area contributed by atoms with Crippen LogP contribution in [-0.4, -0.2) is 11.7 Å². The average molecular weight is 356 g/mol. The lowest BCUT2D eigenvalue weighted by Gasteiger charge is -2.19. The maximum Gasteiger partial charge on any atom is 0.131 e. The van der Waals surface area contributed by atoms with Gasteiger partial charge in [0.1, 0.15) is 11.6 Å². The number of hydrogen-bond acceptors (Lipinski definition) is 2. The van der Waals surface area contributed by atoms with Crippen molar-refractivity contribution >= 4 is 15.9 Å². The van der Waals surface area contributed by atoms with Crippen molar-refractivity contribution in [3.63, 3.8) is 0 Å². The van der Waals surface area contributed by atoms with Gasteiger partial charge in [0, 0.05) is 28.7 Å². The van der Waals surface area contributed by atoms with Gasteiger partial charge in [-0.2, -0.15) is 0 Å². The Labute approximate surface area is 130 Å². The van der Waals surface area contributed by atoms with Gasteiger partial charge in [-0.1, -0.05) is 40.2 Å². The molecular formula is C16H16BrF2NO. The van der Waals surface area contributed by atoms with Crippen molar-refractivity contribution in [3.05, 3.63) is 69.7 Å². The first-order chi connectivity index (χ1) is 9.99. The second-order valence-corrected chi connectivity index (χ2v) is 5.69. The number of rotatable bonds is 5. The summed E-state index contributed by atoms with van der Waals surface area (Å²) < 4.78 is 27.4. The second-order valence-electron chi connectivity index (χ2n) is 4.83. The molecule has 1 unspecified atom stereocenters. The first-order valence-corrected chi connectivity index (χ1v) is 7.39. The number of aliphatic hydroxyl groups is 1. The molecule has 0 saturated carbocycles. The predicted octanol–water partition coefficient (Wildman–Crippen LogP) is 4.11. The SMILES string of the molecule is C[C@@H](NCC(O)c1ccc(F)cc1F)c1ccccc1Br. The van der Waals surface area contributed by atoms with Gasteiger partial charge in [0.2, 0.25) is 0 Å². The van der Waals surface area contributed by atoms with Gasteiger partial charge in [-0.05, 0) is 24.6 Å². The highest BCUT2D eigenvalue weighted by molar-refractivity contribution is 9.10. The van der Waals surface area contributed by atoms with Crippen LogP contribution < -0.4 is 5.32 Å². The first-order valence-electron chi connectivity index (χ1n) is 6.60. The van der Waals surface area contributed by atoms with Gasteiger partial charge in [-0.25, -0.2) is 8.78 Å². The Morgan fingerprint density at radius 1 is 1.14 bits per heavy atom. The molecule has 0 aliphatic heterocycles. The Hall–Kier alpha value is -1.30. The summed E-state index contributed by atoms with van der Waals surface area (Å²) in [6.07, 6.45) is -1.03. The molecule has 0 aliphatic rings. The lowest BCUT2D eigenvalue weighted by atomic mass is 10.1. The van der Waals surface area contributed by atoms with E-state index in [4.69, 9.17) is 0 Å². The van der Waals surface area contributed by atoms with Crippen LogP contribution in [0.5, 0.6) is 0 Å². The van der Waals surface area contributed by atoms with E-state index >= 15 is 0 Å². The Balaban J connectivity index is 2.01.